The van der Waals surface area contributed by atoms with Crippen LogP contribution in [0.15, 0.2) is 78.9 Å². The number of hydrogen-bond acceptors (Lipinski definition) is 2. The lowest BCUT2D eigenvalue weighted by molar-refractivity contribution is -0.117. The first kappa shape index (κ1) is 20.5. The zero-order valence-corrected chi connectivity index (χ0v) is 18.3. The van der Waals surface area contributed by atoms with Gasteiger partial charge in [-0.3, -0.25) is 4.79 Å². The van der Waals surface area contributed by atoms with E-state index in [2.05, 4.69) is 64.5 Å². The molecule has 1 heterocycles. The van der Waals surface area contributed by atoms with E-state index in [1.54, 1.807) is 0 Å². The molecule has 4 heteroatoms. The first-order valence-corrected chi connectivity index (χ1v) is 11.7. The van der Waals surface area contributed by atoms with Gasteiger partial charge in [-0.05, 0) is 60.7 Å². The predicted octanol–water partition coefficient (Wildman–Crippen LogP) is 6.66. The Morgan fingerprint density at radius 3 is 2.38 bits per heavy atom. The van der Waals surface area contributed by atoms with Gasteiger partial charge < -0.3 is 9.88 Å². The van der Waals surface area contributed by atoms with Gasteiger partial charge in [0.25, 0.3) is 0 Å². The van der Waals surface area contributed by atoms with E-state index in [0.29, 0.717) is 12.3 Å². The number of carbonyl (C=O) groups excluding carboxylic acids is 1. The fourth-order valence-electron chi connectivity index (χ4n) is 4.79. The fourth-order valence-corrected chi connectivity index (χ4v) is 4.79. The van der Waals surface area contributed by atoms with E-state index < -0.39 is 0 Å². The maximum atomic E-state index is 12.5. The summed E-state index contributed by atoms with van der Waals surface area (Å²) in [5.74, 6) is 1.61. The molecule has 3 aromatic carbocycles. The van der Waals surface area contributed by atoms with Crippen molar-refractivity contribution in [2.75, 3.05) is 5.32 Å². The third kappa shape index (κ3) is 4.59. The Bertz CT molecular complexity index is 1190. The van der Waals surface area contributed by atoms with Gasteiger partial charge in [0, 0.05) is 24.2 Å². The third-order valence-corrected chi connectivity index (χ3v) is 6.46. The molecule has 5 rings (SSSR count). The van der Waals surface area contributed by atoms with Crippen LogP contribution in [-0.4, -0.2) is 15.5 Å². The van der Waals surface area contributed by atoms with Crippen molar-refractivity contribution in [1.82, 2.24) is 9.55 Å². The summed E-state index contributed by atoms with van der Waals surface area (Å²) in [5.41, 5.74) is 5.24. The molecule has 1 fully saturated rings. The quantitative estimate of drug-likeness (QED) is 0.377. The highest BCUT2D eigenvalue weighted by atomic mass is 16.1. The van der Waals surface area contributed by atoms with Crippen LogP contribution in [0.3, 0.4) is 0 Å². The maximum Gasteiger partial charge on any atom is 0.224 e. The maximum absolute atomic E-state index is 12.5. The van der Waals surface area contributed by atoms with Crippen molar-refractivity contribution < 1.29 is 4.79 Å². The van der Waals surface area contributed by atoms with Crippen LogP contribution in [-0.2, 0) is 11.3 Å². The molecule has 1 aromatic heterocycles. The summed E-state index contributed by atoms with van der Waals surface area (Å²) in [6.45, 7) is 0.760. The molecule has 0 saturated heterocycles. The second-order valence-electron chi connectivity index (χ2n) is 8.83. The molecular formula is C28H29N3O. The summed E-state index contributed by atoms with van der Waals surface area (Å²) in [6.07, 6.45) is 6.84. The van der Waals surface area contributed by atoms with Gasteiger partial charge in [0.05, 0.1) is 11.0 Å². The highest BCUT2D eigenvalue weighted by Gasteiger charge is 2.17. The van der Waals surface area contributed by atoms with E-state index in [4.69, 9.17) is 4.98 Å². The summed E-state index contributed by atoms with van der Waals surface area (Å²) < 4.78 is 2.27. The lowest BCUT2D eigenvalue weighted by atomic mass is 9.87. The van der Waals surface area contributed by atoms with Crippen molar-refractivity contribution in [2.24, 2.45) is 5.92 Å². The predicted molar refractivity (Wildman–Crippen MR) is 131 cm³/mol. The molecule has 0 spiro atoms. The molecule has 1 aliphatic rings. The normalized spacial score (nSPS) is 14.5. The first-order chi connectivity index (χ1) is 15.8. The highest BCUT2D eigenvalue weighted by Crippen LogP contribution is 2.28. The molecule has 1 amide bonds. The number of para-hydroxylation sites is 2. The van der Waals surface area contributed by atoms with E-state index in [9.17, 15) is 4.79 Å². The van der Waals surface area contributed by atoms with Crippen molar-refractivity contribution in [1.29, 1.82) is 0 Å². The van der Waals surface area contributed by atoms with Crippen molar-refractivity contribution >= 4 is 22.6 Å². The van der Waals surface area contributed by atoms with Crippen molar-refractivity contribution in [2.45, 2.75) is 45.1 Å². The Balaban J connectivity index is 1.37. The monoisotopic (exact) mass is 423 g/mol. The minimum atomic E-state index is 0.126. The molecule has 1 saturated carbocycles. The van der Waals surface area contributed by atoms with Crippen LogP contribution in [0.1, 0.15) is 44.1 Å². The average molecular weight is 424 g/mol. The largest absolute Gasteiger partial charge is 0.326 e. The van der Waals surface area contributed by atoms with Crippen LogP contribution in [0.2, 0.25) is 0 Å². The van der Waals surface area contributed by atoms with Gasteiger partial charge in [-0.1, -0.05) is 61.7 Å². The van der Waals surface area contributed by atoms with E-state index in [0.717, 1.165) is 34.7 Å². The number of nitrogens with zero attached hydrogens (tertiary/aromatic N) is 2. The van der Waals surface area contributed by atoms with Gasteiger partial charge in [-0.25, -0.2) is 4.98 Å². The van der Waals surface area contributed by atoms with Crippen LogP contribution in [0.4, 0.5) is 5.69 Å². The number of carbonyl (C=O) groups is 1. The fraction of sp³-hybridized carbons (Fsp3) is 0.286. The van der Waals surface area contributed by atoms with Gasteiger partial charge in [0.1, 0.15) is 5.82 Å². The van der Waals surface area contributed by atoms with E-state index in [1.807, 2.05) is 24.3 Å². The number of benzene rings is 3. The number of fused-ring (bicyclic) bond motifs is 1. The van der Waals surface area contributed by atoms with Gasteiger partial charge in [-0.15, -0.1) is 0 Å². The molecule has 0 unspecified atom stereocenters. The lowest BCUT2D eigenvalue weighted by Crippen LogP contribution is -2.18. The minimum Gasteiger partial charge on any atom is -0.326 e. The van der Waals surface area contributed by atoms with Gasteiger partial charge in [0.15, 0.2) is 0 Å². The van der Waals surface area contributed by atoms with E-state index >= 15 is 0 Å². The van der Waals surface area contributed by atoms with Crippen LogP contribution < -0.4 is 5.32 Å². The second kappa shape index (κ2) is 9.39. The molecule has 162 valence electrons. The second-order valence-corrected chi connectivity index (χ2v) is 8.83. The summed E-state index contributed by atoms with van der Waals surface area (Å²) in [4.78, 5) is 17.4. The SMILES string of the molecule is O=C(CC1CCCCC1)Nc1ccc(-c2nc3ccccc3n2Cc2ccccc2)cc1. The molecule has 0 aliphatic heterocycles. The smallest absolute Gasteiger partial charge is 0.224 e. The Morgan fingerprint density at radius 2 is 1.59 bits per heavy atom. The minimum absolute atomic E-state index is 0.126. The Morgan fingerprint density at radius 1 is 0.875 bits per heavy atom. The van der Waals surface area contributed by atoms with E-state index in [-0.39, 0.29) is 5.91 Å². The van der Waals surface area contributed by atoms with Crippen LogP contribution in [0.5, 0.6) is 0 Å². The topological polar surface area (TPSA) is 46.9 Å². The molecule has 1 aliphatic carbocycles. The number of imidazole rings is 1. The third-order valence-electron chi connectivity index (χ3n) is 6.46. The average Bonchev–Trinajstić information content (AvgIpc) is 3.19. The van der Waals surface area contributed by atoms with Crippen LogP contribution in [0, 0.1) is 5.92 Å². The molecule has 0 bridgehead atoms. The lowest BCUT2D eigenvalue weighted by Gasteiger charge is -2.20. The molecule has 32 heavy (non-hydrogen) atoms. The van der Waals surface area contributed by atoms with Crippen molar-refractivity contribution in [3.05, 3.63) is 84.4 Å². The number of hydrogen-bond donors (Lipinski definition) is 1. The number of rotatable bonds is 6. The van der Waals surface area contributed by atoms with Crippen molar-refractivity contribution in [3.8, 4) is 11.4 Å². The van der Waals surface area contributed by atoms with Gasteiger partial charge in [-0.2, -0.15) is 0 Å². The number of amides is 1. The number of nitrogens with one attached hydrogen (secondary N) is 1. The standard InChI is InChI=1S/C28H29N3O/c32-27(19-21-9-3-1-4-10-21)29-24-17-15-23(16-18-24)28-30-25-13-7-8-14-26(25)31(28)20-22-11-5-2-6-12-22/h2,5-8,11-18,21H,1,3-4,9-10,19-20H2,(H,29,32). The Kier molecular flexibility index (Phi) is 6.02. The molecule has 0 atom stereocenters. The first-order valence-electron chi connectivity index (χ1n) is 11.7. The molecule has 4 aromatic rings. The molecule has 0 radical (unpaired) electrons. The van der Waals surface area contributed by atoms with Crippen molar-refractivity contribution in [3.63, 3.8) is 0 Å². The van der Waals surface area contributed by atoms with Gasteiger partial charge >= 0.3 is 0 Å². The zero-order valence-electron chi connectivity index (χ0n) is 18.3. The zero-order chi connectivity index (χ0) is 21.8. The highest BCUT2D eigenvalue weighted by molar-refractivity contribution is 5.91. The summed E-state index contributed by atoms with van der Waals surface area (Å²) in [5, 5.41) is 3.08. The molecular weight excluding hydrogens is 394 g/mol. The molecule has 1 N–H and O–H groups in total. The Hall–Kier alpha value is -3.40. The molecule has 4 nitrogen and oxygen atoms in total. The Labute approximate surface area is 189 Å². The van der Waals surface area contributed by atoms with Crippen LogP contribution >= 0.6 is 0 Å². The van der Waals surface area contributed by atoms with Crippen LogP contribution in [0.25, 0.3) is 22.4 Å². The number of anilines is 1. The summed E-state index contributed by atoms with van der Waals surface area (Å²) >= 11 is 0. The van der Waals surface area contributed by atoms with E-state index in [1.165, 1.54) is 37.7 Å². The summed E-state index contributed by atoms with van der Waals surface area (Å²) in [6, 6.07) is 26.8. The van der Waals surface area contributed by atoms with Gasteiger partial charge in [0.2, 0.25) is 5.91 Å². The summed E-state index contributed by atoms with van der Waals surface area (Å²) in [7, 11) is 0. The number of aromatic nitrogens is 2.